The van der Waals surface area contributed by atoms with Crippen LogP contribution in [-0.2, 0) is 60.6 Å². The molecular formula is C71H81NO15S. The zero-order valence-corrected chi connectivity index (χ0v) is 51.2. The quantitative estimate of drug-likeness (QED) is 0.00922. The van der Waals surface area contributed by atoms with Crippen molar-refractivity contribution in [1.82, 2.24) is 4.98 Å². The first kappa shape index (κ1) is 65.8. The highest BCUT2D eigenvalue weighted by atomic mass is 32.2. The third kappa shape index (κ3) is 20.7. The van der Waals surface area contributed by atoms with Gasteiger partial charge in [0.05, 0.1) is 75.4 Å². The molecule has 88 heavy (non-hydrogen) atoms. The molecule has 466 valence electrons. The van der Waals surface area contributed by atoms with Crippen molar-refractivity contribution in [3.8, 4) is 28.7 Å². The number of hydrogen-bond donors (Lipinski definition) is 0. The molecule has 0 aliphatic heterocycles. The molecule has 0 atom stereocenters. The van der Waals surface area contributed by atoms with E-state index >= 15 is 0 Å². The van der Waals surface area contributed by atoms with Crippen LogP contribution in [0.2, 0.25) is 0 Å². The van der Waals surface area contributed by atoms with E-state index in [4.69, 9.17) is 47.6 Å². The number of aromatic nitrogens is 1. The minimum atomic E-state index is -0.433. The molecular weight excluding hydrogens is 1140 g/mol. The first-order valence-electron chi connectivity index (χ1n) is 31.0. The molecule has 5 aromatic carbocycles. The summed E-state index contributed by atoms with van der Waals surface area (Å²) in [7, 11) is 0. The van der Waals surface area contributed by atoms with Gasteiger partial charge in [-0.2, -0.15) is 0 Å². The number of unbranched alkanes of at least 4 members (excludes halogenated alkanes) is 5. The van der Waals surface area contributed by atoms with Gasteiger partial charge in [0.1, 0.15) is 33.8 Å². The van der Waals surface area contributed by atoms with Crippen LogP contribution in [0.5, 0.6) is 28.7 Å². The molecule has 17 heteroatoms. The van der Waals surface area contributed by atoms with E-state index in [0.717, 1.165) is 93.7 Å². The maximum absolute atomic E-state index is 13.8. The van der Waals surface area contributed by atoms with Gasteiger partial charge in [-0.3, -0.25) is 19.2 Å². The molecule has 2 fully saturated rings. The summed E-state index contributed by atoms with van der Waals surface area (Å²) in [5, 5.41) is 3.15. The van der Waals surface area contributed by atoms with Gasteiger partial charge in [0.2, 0.25) is 0 Å². The van der Waals surface area contributed by atoms with Crippen LogP contribution in [0, 0.1) is 23.7 Å². The summed E-state index contributed by atoms with van der Waals surface area (Å²) in [6, 6.07) is 34.2. The van der Waals surface area contributed by atoms with Crippen LogP contribution in [0.1, 0.15) is 121 Å². The molecule has 0 radical (unpaired) electrons. The third-order valence-electron chi connectivity index (χ3n) is 15.8. The van der Waals surface area contributed by atoms with Crippen molar-refractivity contribution in [3.05, 3.63) is 146 Å². The number of fused-ring (bicyclic) bond motifs is 3. The average Bonchev–Trinajstić information content (AvgIpc) is 1.06. The predicted molar refractivity (Wildman–Crippen MR) is 336 cm³/mol. The molecule has 6 aromatic rings. The molecule has 0 spiro atoms. The lowest BCUT2D eigenvalue weighted by Gasteiger charge is -2.26. The van der Waals surface area contributed by atoms with Gasteiger partial charge in [0.15, 0.2) is 0 Å². The van der Waals surface area contributed by atoms with Gasteiger partial charge >= 0.3 is 35.8 Å². The molecule has 2 aliphatic carbocycles. The van der Waals surface area contributed by atoms with Crippen LogP contribution in [0.25, 0.3) is 21.7 Å². The Labute approximate surface area is 520 Å². The van der Waals surface area contributed by atoms with Gasteiger partial charge in [-0.1, -0.05) is 75.4 Å². The van der Waals surface area contributed by atoms with Crippen LogP contribution in [0.15, 0.2) is 144 Å². The largest absolute Gasteiger partial charge is 0.494 e. The van der Waals surface area contributed by atoms with Crippen molar-refractivity contribution in [3.63, 3.8) is 0 Å². The number of benzene rings is 5. The number of pyridine rings is 1. The molecule has 2 saturated carbocycles. The highest BCUT2D eigenvalue weighted by molar-refractivity contribution is 7.99. The van der Waals surface area contributed by atoms with E-state index in [-0.39, 0.29) is 60.8 Å². The highest BCUT2D eigenvalue weighted by Crippen LogP contribution is 2.40. The van der Waals surface area contributed by atoms with Crippen LogP contribution >= 0.6 is 11.8 Å². The maximum Gasteiger partial charge on any atom is 0.330 e. The first-order chi connectivity index (χ1) is 42.9. The molecule has 0 amide bonds. The second-order valence-electron chi connectivity index (χ2n) is 22.2. The fourth-order valence-corrected chi connectivity index (χ4v) is 11.6. The lowest BCUT2D eigenvalue weighted by atomic mass is 9.82. The van der Waals surface area contributed by atoms with Crippen molar-refractivity contribution in [2.75, 3.05) is 46.2 Å². The Hall–Kier alpha value is -8.18. The Kier molecular flexibility index (Phi) is 26.1. The minimum absolute atomic E-state index is 0.246. The molecule has 1 aromatic heterocycles. The van der Waals surface area contributed by atoms with Crippen LogP contribution < -0.4 is 23.7 Å². The number of rotatable bonds is 34. The Balaban J connectivity index is 0.819. The summed E-state index contributed by atoms with van der Waals surface area (Å²) in [4.78, 5) is 82.1. The molecule has 0 saturated heterocycles. The summed E-state index contributed by atoms with van der Waals surface area (Å²) < 4.78 is 51.1. The minimum Gasteiger partial charge on any atom is -0.494 e. The van der Waals surface area contributed by atoms with E-state index in [2.05, 4.69) is 20.1 Å². The number of nitrogens with zero attached hydrogens (tertiary/aromatic N) is 1. The van der Waals surface area contributed by atoms with E-state index in [1.54, 1.807) is 18.2 Å². The predicted octanol–water partition coefficient (Wildman–Crippen LogP) is 14.3. The van der Waals surface area contributed by atoms with E-state index in [9.17, 15) is 28.8 Å². The van der Waals surface area contributed by atoms with Crippen molar-refractivity contribution >= 4 is 69.3 Å². The SMILES string of the molecule is C=CC(=O)OCCCCOc1ccc(CCOC(=O)C2CCC(C(=O)Oc3ccc4c(c3)nc(Sc3ccc(OCCCCCC)cc3)c3cc(OC(=O)C5CCC(C(=O)OCCc6ccc(OCCCCOC(=O)C=C)cc6)CC5)ccc34)CC2)cc1. The van der Waals surface area contributed by atoms with E-state index in [1.165, 1.54) is 18.2 Å². The van der Waals surface area contributed by atoms with Crippen LogP contribution in [0.3, 0.4) is 0 Å². The maximum atomic E-state index is 13.8. The zero-order chi connectivity index (χ0) is 61.9. The monoisotopic (exact) mass is 1220 g/mol. The standard InChI is InChI=1S/C71H81NO15S/c1-4-7-8-9-40-79-57-30-34-60(35-31-57)88-67-63-47-58(86-70(77)53-22-18-51(19-23-53)68(75)84-45-38-49-14-26-55(27-15-49)80-41-10-12-43-82-65(73)5-2)32-36-61(63)62-37-33-59(48-64(62)72-67)87-71(78)54-24-20-52(21-25-54)69(76)85-46-39-50-16-28-56(29-17-50)81-42-11-13-44-83-66(74)6-3/h5-6,14-17,26-37,47-48,51-54H,2-4,7-13,18-25,38-46H2,1H3. The van der Waals surface area contributed by atoms with Gasteiger partial charge in [-0.25, -0.2) is 14.6 Å². The smallest absolute Gasteiger partial charge is 0.330 e. The molecule has 16 nitrogen and oxygen atoms in total. The van der Waals surface area contributed by atoms with E-state index in [0.29, 0.717) is 132 Å². The van der Waals surface area contributed by atoms with Crippen molar-refractivity contribution in [2.45, 2.75) is 132 Å². The Bertz CT molecular complexity index is 3280. The van der Waals surface area contributed by atoms with Crippen LogP contribution in [-0.4, -0.2) is 87.0 Å². The highest BCUT2D eigenvalue weighted by Gasteiger charge is 2.34. The molecule has 0 unspecified atom stereocenters. The third-order valence-corrected chi connectivity index (χ3v) is 16.8. The lowest BCUT2D eigenvalue weighted by Crippen LogP contribution is -2.29. The second-order valence-corrected chi connectivity index (χ2v) is 23.3. The summed E-state index contributed by atoms with van der Waals surface area (Å²) >= 11 is 1.47. The van der Waals surface area contributed by atoms with Crippen LogP contribution in [0.4, 0.5) is 0 Å². The van der Waals surface area contributed by atoms with Gasteiger partial charge < -0.3 is 42.6 Å². The van der Waals surface area contributed by atoms with Gasteiger partial charge in [0.25, 0.3) is 0 Å². The fraction of sp³-hybridized carbons (Fsp3) is 0.423. The van der Waals surface area contributed by atoms with Crippen molar-refractivity contribution in [1.29, 1.82) is 0 Å². The number of carbonyl (C=O) groups is 6. The first-order valence-corrected chi connectivity index (χ1v) is 31.8. The average molecular weight is 1220 g/mol. The van der Waals surface area contributed by atoms with E-state index in [1.807, 2.05) is 91.0 Å². The van der Waals surface area contributed by atoms with Gasteiger partial charge in [0, 0.05) is 46.7 Å². The van der Waals surface area contributed by atoms with Crippen molar-refractivity contribution in [2.24, 2.45) is 23.7 Å². The molecule has 2 aliphatic rings. The number of esters is 6. The number of hydrogen-bond acceptors (Lipinski definition) is 17. The molecule has 0 N–H and O–H groups in total. The summed E-state index contributed by atoms with van der Waals surface area (Å²) in [5.74, 6) is -0.414. The topological polar surface area (TPSA) is 198 Å². The second kappa shape index (κ2) is 35.0. The lowest BCUT2D eigenvalue weighted by molar-refractivity contribution is -0.152. The Morgan fingerprint density at radius 3 is 1.28 bits per heavy atom. The fourth-order valence-electron chi connectivity index (χ4n) is 10.6. The molecule has 8 rings (SSSR count). The number of carbonyl (C=O) groups excluding carboxylic acids is 6. The summed E-state index contributed by atoms with van der Waals surface area (Å²) in [5.41, 5.74) is 2.64. The normalized spacial score (nSPS) is 16.4. The molecule has 0 bridgehead atoms. The zero-order valence-electron chi connectivity index (χ0n) is 50.4. The number of ether oxygens (including phenoxy) is 9. The summed E-state index contributed by atoms with van der Waals surface area (Å²) in [6.07, 6.45) is 14.8. The summed E-state index contributed by atoms with van der Waals surface area (Å²) in [6.45, 7) is 11.7. The van der Waals surface area contributed by atoms with Crippen molar-refractivity contribution < 1.29 is 71.4 Å². The van der Waals surface area contributed by atoms with Gasteiger partial charge in [-0.15, -0.1) is 0 Å². The molecule has 1 heterocycles. The Morgan fingerprint density at radius 1 is 0.432 bits per heavy atom. The van der Waals surface area contributed by atoms with E-state index < -0.39 is 11.9 Å². The Morgan fingerprint density at radius 2 is 0.830 bits per heavy atom. The van der Waals surface area contributed by atoms with Gasteiger partial charge in [-0.05, 0) is 179 Å².